The molecule has 1 aromatic rings. The molecule has 0 bridgehead atoms. The first kappa shape index (κ1) is 12.3. The van der Waals surface area contributed by atoms with E-state index in [1.165, 1.54) is 7.11 Å². The third-order valence-electron chi connectivity index (χ3n) is 1.55. The number of aliphatic carboxylic acids is 1. The molecule has 0 saturated heterocycles. The van der Waals surface area contributed by atoms with Gasteiger partial charge in [0.25, 0.3) is 0 Å². The van der Waals surface area contributed by atoms with E-state index in [-0.39, 0.29) is 0 Å². The standard InChI is InChI=1S/C9H8Br2O4/c1-14-7-2-5(10)6(11)3-8(7)15-4-9(12)13/h2-3H,4H2,1H3,(H,12,13)/p-1. The van der Waals surface area contributed by atoms with Crippen LogP contribution in [0.4, 0.5) is 0 Å². The predicted molar refractivity (Wildman–Crippen MR) is 58.9 cm³/mol. The molecule has 0 aliphatic rings. The Bertz CT molecular complexity index is 379. The highest BCUT2D eigenvalue weighted by Gasteiger charge is 2.08. The van der Waals surface area contributed by atoms with Crippen molar-refractivity contribution in [3.63, 3.8) is 0 Å². The molecule has 0 fully saturated rings. The molecule has 0 N–H and O–H groups in total. The van der Waals surface area contributed by atoms with E-state index in [2.05, 4.69) is 31.9 Å². The van der Waals surface area contributed by atoms with Crippen LogP contribution in [-0.2, 0) is 4.79 Å². The summed E-state index contributed by atoms with van der Waals surface area (Å²) in [7, 11) is 1.47. The zero-order valence-electron chi connectivity index (χ0n) is 7.75. The lowest BCUT2D eigenvalue weighted by Gasteiger charge is -2.12. The normalized spacial score (nSPS) is 9.80. The molecule has 0 aromatic heterocycles. The number of carboxylic acids is 1. The highest BCUT2D eigenvalue weighted by molar-refractivity contribution is 9.13. The van der Waals surface area contributed by atoms with Crippen LogP contribution in [0.1, 0.15) is 0 Å². The molecule has 1 aromatic carbocycles. The molecule has 0 atom stereocenters. The molecule has 4 nitrogen and oxygen atoms in total. The van der Waals surface area contributed by atoms with E-state index in [4.69, 9.17) is 9.47 Å². The van der Waals surface area contributed by atoms with E-state index in [0.29, 0.717) is 11.5 Å². The summed E-state index contributed by atoms with van der Waals surface area (Å²) in [4.78, 5) is 10.2. The summed E-state index contributed by atoms with van der Waals surface area (Å²) in [6.45, 7) is -0.509. The molecule has 0 unspecified atom stereocenters. The van der Waals surface area contributed by atoms with Crippen molar-refractivity contribution in [2.45, 2.75) is 0 Å². The van der Waals surface area contributed by atoms with Gasteiger partial charge >= 0.3 is 0 Å². The summed E-state index contributed by atoms with van der Waals surface area (Å²) in [6, 6.07) is 3.29. The Morgan fingerprint density at radius 1 is 1.33 bits per heavy atom. The number of halogens is 2. The summed E-state index contributed by atoms with van der Waals surface area (Å²) in [5.74, 6) is -0.487. The predicted octanol–water partition coefficient (Wildman–Crippen LogP) is 1.35. The van der Waals surface area contributed by atoms with Crippen molar-refractivity contribution in [2.24, 2.45) is 0 Å². The summed E-state index contributed by atoms with van der Waals surface area (Å²) in [6.07, 6.45) is 0. The van der Waals surface area contributed by atoms with Crippen LogP contribution in [-0.4, -0.2) is 19.7 Å². The fraction of sp³-hybridized carbons (Fsp3) is 0.222. The molecule has 82 valence electrons. The maximum atomic E-state index is 10.2. The van der Waals surface area contributed by atoms with Crippen molar-refractivity contribution in [3.8, 4) is 11.5 Å². The molecule has 0 spiro atoms. The van der Waals surface area contributed by atoms with Gasteiger partial charge in [-0.3, -0.25) is 0 Å². The van der Waals surface area contributed by atoms with Crippen LogP contribution in [0, 0.1) is 0 Å². The second-order valence-corrected chi connectivity index (χ2v) is 4.29. The SMILES string of the molecule is COc1cc(Br)c(Br)cc1OCC(=O)[O-]. The Morgan fingerprint density at radius 2 is 1.87 bits per heavy atom. The minimum Gasteiger partial charge on any atom is -0.546 e. The molecule has 0 radical (unpaired) electrons. The smallest absolute Gasteiger partial charge is 0.162 e. The zero-order chi connectivity index (χ0) is 11.4. The van der Waals surface area contributed by atoms with Crippen molar-refractivity contribution in [2.75, 3.05) is 13.7 Å². The number of rotatable bonds is 4. The lowest BCUT2D eigenvalue weighted by Crippen LogP contribution is -2.29. The van der Waals surface area contributed by atoms with Crippen molar-refractivity contribution in [3.05, 3.63) is 21.1 Å². The third-order valence-corrected chi connectivity index (χ3v) is 3.40. The quantitative estimate of drug-likeness (QED) is 0.831. The van der Waals surface area contributed by atoms with Gasteiger partial charge in [0.15, 0.2) is 11.5 Å². The van der Waals surface area contributed by atoms with Gasteiger partial charge in [-0.2, -0.15) is 0 Å². The van der Waals surface area contributed by atoms with E-state index < -0.39 is 12.6 Å². The molecule has 0 heterocycles. The van der Waals surface area contributed by atoms with Crippen LogP contribution in [0.2, 0.25) is 0 Å². The van der Waals surface area contributed by atoms with Gasteiger partial charge in [-0.05, 0) is 44.0 Å². The van der Waals surface area contributed by atoms with Crippen LogP contribution in [0.15, 0.2) is 21.1 Å². The van der Waals surface area contributed by atoms with Crippen molar-refractivity contribution >= 4 is 37.8 Å². The number of hydrogen-bond acceptors (Lipinski definition) is 4. The topological polar surface area (TPSA) is 58.6 Å². The minimum absolute atomic E-state index is 0.344. The van der Waals surface area contributed by atoms with Crippen molar-refractivity contribution < 1.29 is 19.4 Å². The highest BCUT2D eigenvalue weighted by Crippen LogP contribution is 2.36. The fourth-order valence-corrected chi connectivity index (χ4v) is 1.56. The minimum atomic E-state index is -1.28. The van der Waals surface area contributed by atoms with Gasteiger partial charge in [0, 0.05) is 8.95 Å². The number of carboxylic acid groups (broad SMARTS) is 1. The van der Waals surface area contributed by atoms with Gasteiger partial charge in [-0.15, -0.1) is 0 Å². The van der Waals surface area contributed by atoms with Crippen LogP contribution in [0.25, 0.3) is 0 Å². The van der Waals surface area contributed by atoms with E-state index in [1.54, 1.807) is 12.1 Å². The first-order valence-corrected chi connectivity index (χ1v) is 5.49. The average molecular weight is 339 g/mol. The molecular formula is C9H7Br2O4-. The van der Waals surface area contributed by atoms with E-state index in [0.717, 1.165) is 8.95 Å². The number of hydrogen-bond donors (Lipinski definition) is 0. The van der Waals surface area contributed by atoms with Gasteiger partial charge in [0.05, 0.1) is 13.1 Å². The molecular weight excluding hydrogens is 332 g/mol. The number of ether oxygens (including phenoxy) is 2. The largest absolute Gasteiger partial charge is 0.546 e. The number of carbonyl (C=O) groups excluding carboxylic acids is 1. The molecule has 0 amide bonds. The maximum Gasteiger partial charge on any atom is 0.162 e. The van der Waals surface area contributed by atoms with Crippen LogP contribution < -0.4 is 14.6 Å². The van der Waals surface area contributed by atoms with Gasteiger partial charge in [-0.1, -0.05) is 0 Å². The molecule has 0 aliphatic heterocycles. The van der Waals surface area contributed by atoms with Crippen LogP contribution in [0.5, 0.6) is 11.5 Å². The van der Waals surface area contributed by atoms with E-state index >= 15 is 0 Å². The van der Waals surface area contributed by atoms with E-state index in [9.17, 15) is 9.90 Å². The Hall–Kier alpha value is -0.750. The van der Waals surface area contributed by atoms with Gasteiger partial charge in [0.1, 0.15) is 6.61 Å². The Kier molecular flexibility index (Phi) is 4.41. The first-order valence-electron chi connectivity index (χ1n) is 3.90. The molecule has 15 heavy (non-hydrogen) atoms. The zero-order valence-corrected chi connectivity index (χ0v) is 10.9. The second kappa shape index (κ2) is 5.37. The lowest BCUT2D eigenvalue weighted by molar-refractivity contribution is -0.307. The monoisotopic (exact) mass is 337 g/mol. The van der Waals surface area contributed by atoms with Crippen LogP contribution in [0.3, 0.4) is 0 Å². The second-order valence-electron chi connectivity index (χ2n) is 2.58. The van der Waals surface area contributed by atoms with Gasteiger partial charge in [0.2, 0.25) is 0 Å². The highest BCUT2D eigenvalue weighted by atomic mass is 79.9. The molecule has 0 aliphatic carbocycles. The third kappa shape index (κ3) is 3.39. The average Bonchev–Trinajstić information content (AvgIpc) is 2.19. The fourth-order valence-electron chi connectivity index (χ4n) is 0.919. The number of benzene rings is 1. The summed E-state index contributed by atoms with van der Waals surface area (Å²) < 4.78 is 11.6. The van der Waals surface area contributed by atoms with Gasteiger partial charge in [-0.25, -0.2) is 0 Å². The Morgan fingerprint density at radius 3 is 2.33 bits per heavy atom. The maximum absolute atomic E-state index is 10.2. The Balaban J connectivity index is 2.94. The van der Waals surface area contributed by atoms with Gasteiger partial charge < -0.3 is 19.4 Å². The summed E-state index contributed by atoms with van der Waals surface area (Å²) >= 11 is 6.56. The van der Waals surface area contributed by atoms with Crippen molar-refractivity contribution in [1.82, 2.24) is 0 Å². The number of methoxy groups -OCH3 is 1. The summed E-state index contributed by atoms with van der Waals surface area (Å²) in [5, 5.41) is 10.2. The van der Waals surface area contributed by atoms with Crippen molar-refractivity contribution in [1.29, 1.82) is 0 Å². The molecule has 0 saturated carbocycles. The lowest BCUT2D eigenvalue weighted by atomic mass is 10.3. The molecule has 1 rings (SSSR count). The number of carbonyl (C=O) groups is 1. The summed E-state index contributed by atoms with van der Waals surface area (Å²) in [5.41, 5.74) is 0. The van der Waals surface area contributed by atoms with E-state index in [1.807, 2.05) is 0 Å². The van der Waals surface area contributed by atoms with Crippen LogP contribution >= 0.6 is 31.9 Å². The Labute approximate surface area is 103 Å². The molecule has 6 heteroatoms. The first-order chi connectivity index (χ1) is 7.04.